The molecule has 1 fully saturated rings. The number of hydrogen-bond acceptors (Lipinski definition) is 4. The number of hydrogen-bond donors (Lipinski definition) is 0. The van der Waals surface area contributed by atoms with E-state index in [2.05, 4.69) is 22.9 Å². The number of anilines is 1. The topological polar surface area (TPSA) is 29.5 Å². The van der Waals surface area contributed by atoms with Crippen LogP contribution >= 0.6 is 39.9 Å². The van der Waals surface area contributed by atoms with Gasteiger partial charge in [0.05, 0.1) is 16.7 Å². The highest BCUT2D eigenvalue weighted by atomic mass is 79.9. The predicted molar refractivity (Wildman–Crippen MR) is 117 cm³/mol. The van der Waals surface area contributed by atoms with Crippen molar-refractivity contribution in [1.82, 2.24) is 0 Å². The van der Waals surface area contributed by atoms with Gasteiger partial charge in [-0.05, 0) is 61.4 Å². The molecular weight excluding hydrogens is 430 g/mol. The maximum absolute atomic E-state index is 12.8. The standard InChI is InChI=1S/C20H18BrNO2S2/c1-3-13(2)24-17-10-4-14(5-11-17)12-18-19(23)22(20(25)26-18)16-8-6-15(21)7-9-16/h4-13H,3H2,1-2H3/b18-12+. The van der Waals surface area contributed by atoms with E-state index in [4.69, 9.17) is 17.0 Å². The van der Waals surface area contributed by atoms with E-state index in [-0.39, 0.29) is 12.0 Å². The average molecular weight is 448 g/mol. The number of thioether (sulfide) groups is 1. The van der Waals surface area contributed by atoms with Gasteiger partial charge in [-0.1, -0.05) is 59.0 Å². The third kappa shape index (κ3) is 4.37. The summed E-state index contributed by atoms with van der Waals surface area (Å²) < 4.78 is 7.29. The summed E-state index contributed by atoms with van der Waals surface area (Å²) in [6.07, 6.45) is 3.01. The quantitative estimate of drug-likeness (QED) is 0.413. The summed E-state index contributed by atoms with van der Waals surface area (Å²) in [5.41, 5.74) is 1.72. The van der Waals surface area contributed by atoms with E-state index in [0.717, 1.165) is 27.9 Å². The molecule has 26 heavy (non-hydrogen) atoms. The molecule has 0 spiro atoms. The summed E-state index contributed by atoms with van der Waals surface area (Å²) in [7, 11) is 0. The molecule has 0 saturated carbocycles. The molecule has 0 radical (unpaired) electrons. The van der Waals surface area contributed by atoms with E-state index in [1.54, 1.807) is 4.90 Å². The molecular formula is C20H18BrNO2S2. The molecule has 6 heteroatoms. The van der Waals surface area contributed by atoms with Crippen LogP contribution in [0.5, 0.6) is 5.75 Å². The molecule has 0 aliphatic carbocycles. The van der Waals surface area contributed by atoms with Gasteiger partial charge in [0.1, 0.15) is 5.75 Å². The maximum atomic E-state index is 12.8. The van der Waals surface area contributed by atoms with E-state index < -0.39 is 0 Å². The van der Waals surface area contributed by atoms with Crippen LogP contribution in [0.4, 0.5) is 5.69 Å². The first kappa shape index (κ1) is 19.1. The smallest absolute Gasteiger partial charge is 0.270 e. The highest BCUT2D eigenvalue weighted by Gasteiger charge is 2.33. The molecule has 1 unspecified atom stereocenters. The second-order valence-electron chi connectivity index (χ2n) is 5.90. The summed E-state index contributed by atoms with van der Waals surface area (Å²) in [6.45, 7) is 4.13. The molecule has 1 saturated heterocycles. The summed E-state index contributed by atoms with van der Waals surface area (Å²) in [5, 5.41) is 0. The number of nitrogens with zero attached hydrogens (tertiary/aromatic N) is 1. The van der Waals surface area contributed by atoms with Crippen LogP contribution < -0.4 is 9.64 Å². The number of rotatable bonds is 5. The molecule has 1 aliphatic heterocycles. The second-order valence-corrected chi connectivity index (χ2v) is 8.49. The minimum absolute atomic E-state index is 0.0951. The monoisotopic (exact) mass is 447 g/mol. The van der Waals surface area contributed by atoms with Gasteiger partial charge in [-0.25, -0.2) is 0 Å². The summed E-state index contributed by atoms with van der Waals surface area (Å²) >= 11 is 10.1. The zero-order valence-corrected chi connectivity index (χ0v) is 17.7. The summed E-state index contributed by atoms with van der Waals surface area (Å²) in [4.78, 5) is 15.0. The van der Waals surface area contributed by atoms with E-state index in [9.17, 15) is 4.79 Å². The minimum Gasteiger partial charge on any atom is -0.491 e. The summed E-state index contributed by atoms with van der Waals surface area (Å²) in [6, 6.07) is 15.3. The van der Waals surface area contributed by atoms with Crippen LogP contribution in [0.25, 0.3) is 6.08 Å². The third-order valence-corrected chi connectivity index (χ3v) is 5.80. The third-order valence-electron chi connectivity index (χ3n) is 3.97. The highest BCUT2D eigenvalue weighted by Crippen LogP contribution is 2.36. The van der Waals surface area contributed by atoms with Crippen molar-refractivity contribution in [3.63, 3.8) is 0 Å². The molecule has 1 atom stereocenters. The van der Waals surface area contributed by atoms with Crippen molar-refractivity contribution in [2.45, 2.75) is 26.4 Å². The van der Waals surface area contributed by atoms with Gasteiger partial charge >= 0.3 is 0 Å². The normalized spacial score (nSPS) is 17.0. The van der Waals surface area contributed by atoms with Crippen LogP contribution in [0.3, 0.4) is 0 Å². The molecule has 1 heterocycles. The van der Waals surface area contributed by atoms with Crippen LogP contribution in [0.2, 0.25) is 0 Å². The zero-order valence-electron chi connectivity index (χ0n) is 14.4. The van der Waals surface area contributed by atoms with Crippen LogP contribution in [-0.4, -0.2) is 16.3 Å². The lowest BCUT2D eigenvalue weighted by atomic mass is 10.2. The van der Waals surface area contributed by atoms with E-state index in [1.165, 1.54) is 11.8 Å². The molecule has 1 amide bonds. The van der Waals surface area contributed by atoms with Crippen molar-refractivity contribution in [2.75, 3.05) is 4.90 Å². The molecule has 0 N–H and O–H groups in total. The van der Waals surface area contributed by atoms with Crippen LogP contribution in [0.15, 0.2) is 57.9 Å². The number of halogens is 1. The van der Waals surface area contributed by atoms with Crippen molar-refractivity contribution >= 4 is 61.9 Å². The molecule has 134 valence electrons. The van der Waals surface area contributed by atoms with Gasteiger partial charge in [0, 0.05) is 4.47 Å². The van der Waals surface area contributed by atoms with E-state index >= 15 is 0 Å². The second kappa shape index (κ2) is 8.37. The Morgan fingerprint density at radius 3 is 2.46 bits per heavy atom. The van der Waals surface area contributed by atoms with Gasteiger partial charge in [-0.3, -0.25) is 9.69 Å². The van der Waals surface area contributed by atoms with Gasteiger partial charge in [0.25, 0.3) is 5.91 Å². The Kier molecular flexibility index (Phi) is 6.16. The Hall–Kier alpha value is -1.63. The zero-order chi connectivity index (χ0) is 18.7. The molecule has 1 aliphatic rings. The van der Waals surface area contributed by atoms with Crippen molar-refractivity contribution in [3.05, 3.63) is 63.5 Å². The fraction of sp³-hybridized carbons (Fsp3) is 0.200. The van der Waals surface area contributed by atoms with Crippen LogP contribution in [-0.2, 0) is 4.79 Å². The molecule has 0 aromatic heterocycles. The van der Waals surface area contributed by atoms with Crippen molar-refractivity contribution in [2.24, 2.45) is 0 Å². The summed E-state index contributed by atoms with van der Waals surface area (Å²) in [5.74, 6) is 0.737. The van der Waals surface area contributed by atoms with Crippen LogP contribution in [0, 0.1) is 0 Å². The van der Waals surface area contributed by atoms with E-state index in [1.807, 2.05) is 61.5 Å². The maximum Gasteiger partial charge on any atom is 0.270 e. The Bertz CT molecular complexity index is 847. The molecule has 3 nitrogen and oxygen atoms in total. The van der Waals surface area contributed by atoms with Gasteiger partial charge in [0.2, 0.25) is 0 Å². The lowest BCUT2D eigenvalue weighted by molar-refractivity contribution is -0.113. The number of carbonyl (C=O) groups is 1. The van der Waals surface area contributed by atoms with Gasteiger partial charge in [-0.15, -0.1) is 0 Å². The number of benzene rings is 2. The molecule has 2 aromatic rings. The fourth-order valence-electron chi connectivity index (χ4n) is 2.39. The number of thiocarbonyl (C=S) groups is 1. The first-order valence-corrected chi connectivity index (χ1v) is 10.3. The molecule has 0 bridgehead atoms. The number of carbonyl (C=O) groups excluding carboxylic acids is 1. The van der Waals surface area contributed by atoms with Gasteiger partial charge in [0.15, 0.2) is 4.32 Å². The van der Waals surface area contributed by atoms with Crippen molar-refractivity contribution in [3.8, 4) is 5.75 Å². The SMILES string of the molecule is CCC(C)Oc1ccc(/C=C2/SC(=S)N(c3ccc(Br)cc3)C2=O)cc1. The predicted octanol–water partition coefficient (Wildman–Crippen LogP) is 6.03. The van der Waals surface area contributed by atoms with Crippen molar-refractivity contribution < 1.29 is 9.53 Å². The molecule has 3 rings (SSSR count). The van der Waals surface area contributed by atoms with Crippen LogP contribution in [0.1, 0.15) is 25.8 Å². The first-order chi connectivity index (χ1) is 12.5. The fourth-order valence-corrected chi connectivity index (χ4v) is 3.95. The first-order valence-electron chi connectivity index (χ1n) is 8.28. The number of ether oxygens (including phenoxy) is 1. The Labute approximate surface area is 171 Å². The lowest BCUT2D eigenvalue weighted by Crippen LogP contribution is -2.27. The highest BCUT2D eigenvalue weighted by molar-refractivity contribution is 9.10. The largest absolute Gasteiger partial charge is 0.491 e. The van der Waals surface area contributed by atoms with Gasteiger partial charge in [-0.2, -0.15) is 0 Å². The van der Waals surface area contributed by atoms with Gasteiger partial charge < -0.3 is 4.74 Å². The Balaban J connectivity index is 1.78. The lowest BCUT2D eigenvalue weighted by Gasteiger charge is -2.14. The Morgan fingerprint density at radius 1 is 1.19 bits per heavy atom. The average Bonchev–Trinajstić information content (AvgIpc) is 2.91. The molecule has 2 aromatic carbocycles. The van der Waals surface area contributed by atoms with Crippen molar-refractivity contribution in [1.29, 1.82) is 0 Å². The van der Waals surface area contributed by atoms with E-state index in [0.29, 0.717) is 9.23 Å². The Morgan fingerprint density at radius 2 is 1.85 bits per heavy atom. The minimum atomic E-state index is -0.0951. The number of amides is 1.